The van der Waals surface area contributed by atoms with Gasteiger partial charge in [-0.25, -0.2) is 0 Å². The van der Waals surface area contributed by atoms with E-state index in [-0.39, 0.29) is 12.1 Å². The highest BCUT2D eigenvalue weighted by atomic mass is 16.5. The second-order valence-corrected chi connectivity index (χ2v) is 4.31. The van der Waals surface area contributed by atoms with E-state index in [9.17, 15) is 0 Å². The van der Waals surface area contributed by atoms with E-state index in [4.69, 9.17) is 19.7 Å². The topological polar surface area (TPSA) is 83.4 Å². The number of hydrogen-bond donors (Lipinski definition) is 1. The van der Waals surface area contributed by atoms with E-state index in [0.29, 0.717) is 31.3 Å². The van der Waals surface area contributed by atoms with Crippen molar-refractivity contribution in [1.29, 1.82) is 0 Å². The second-order valence-electron chi connectivity index (χ2n) is 4.31. The van der Waals surface area contributed by atoms with Gasteiger partial charge in [0.2, 0.25) is 5.89 Å². The molecule has 0 amide bonds. The van der Waals surface area contributed by atoms with Gasteiger partial charge in [-0.2, -0.15) is 4.98 Å². The SMILES string of the molecule is CCCOCC(N)c1noc(CCC(C)OC)n1. The predicted octanol–water partition coefficient (Wildman–Crippen LogP) is 1.46. The first-order valence-electron chi connectivity index (χ1n) is 6.36. The van der Waals surface area contributed by atoms with Crippen molar-refractivity contribution in [2.24, 2.45) is 5.73 Å². The third-order valence-electron chi connectivity index (χ3n) is 2.63. The minimum absolute atomic E-state index is 0.182. The van der Waals surface area contributed by atoms with Crippen LogP contribution in [-0.2, 0) is 15.9 Å². The molecule has 2 atom stereocenters. The Hall–Kier alpha value is -0.980. The molecule has 0 saturated heterocycles. The maximum absolute atomic E-state index is 5.90. The van der Waals surface area contributed by atoms with Gasteiger partial charge >= 0.3 is 0 Å². The minimum Gasteiger partial charge on any atom is -0.382 e. The maximum Gasteiger partial charge on any atom is 0.226 e. The quantitative estimate of drug-likeness (QED) is 0.674. The number of nitrogens with zero attached hydrogens (tertiary/aromatic N) is 2. The maximum atomic E-state index is 5.90. The molecular weight excluding hydrogens is 234 g/mol. The van der Waals surface area contributed by atoms with Crippen LogP contribution in [0, 0.1) is 0 Å². The molecule has 18 heavy (non-hydrogen) atoms. The number of ether oxygens (including phenoxy) is 2. The molecular formula is C12H23N3O3. The fraction of sp³-hybridized carbons (Fsp3) is 0.833. The number of nitrogens with two attached hydrogens (primary N) is 1. The second kappa shape index (κ2) is 8.18. The van der Waals surface area contributed by atoms with Gasteiger partial charge in [-0.05, 0) is 19.8 Å². The van der Waals surface area contributed by atoms with Gasteiger partial charge in [-0.15, -0.1) is 0 Å². The smallest absolute Gasteiger partial charge is 0.226 e. The normalized spacial score (nSPS) is 14.7. The number of aryl methyl sites for hydroxylation is 1. The highest BCUT2D eigenvalue weighted by molar-refractivity contribution is 4.93. The average Bonchev–Trinajstić information content (AvgIpc) is 2.85. The first-order valence-corrected chi connectivity index (χ1v) is 6.36. The third-order valence-corrected chi connectivity index (χ3v) is 2.63. The van der Waals surface area contributed by atoms with Crippen molar-refractivity contribution in [2.45, 2.75) is 45.3 Å². The van der Waals surface area contributed by atoms with Crippen molar-refractivity contribution in [2.75, 3.05) is 20.3 Å². The summed E-state index contributed by atoms with van der Waals surface area (Å²) in [6.07, 6.45) is 2.70. The molecule has 0 fully saturated rings. The van der Waals surface area contributed by atoms with Gasteiger partial charge in [-0.3, -0.25) is 0 Å². The number of rotatable bonds is 9. The van der Waals surface area contributed by atoms with Crippen LogP contribution in [0.5, 0.6) is 0 Å². The van der Waals surface area contributed by atoms with Crippen LogP contribution < -0.4 is 5.73 Å². The predicted molar refractivity (Wildman–Crippen MR) is 67.1 cm³/mol. The van der Waals surface area contributed by atoms with Crippen LogP contribution >= 0.6 is 0 Å². The van der Waals surface area contributed by atoms with Crippen LogP contribution in [0.3, 0.4) is 0 Å². The molecule has 104 valence electrons. The Morgan fingerprint density at radius 2 is 2.22 bits per heavy atom. The molecule has 0 aliphatic carbocycles. The standard InChI is InChI=1S/C12H23N3O3/c1-4-7-17-8-10(13)12-14-11(18-15-12)6-5-9(2)16-3/h9-10H,4-8,13H2,1-3H3. The Labute approximate surface area is 108 Å². The highest BCUT2D eigenvalue weighted by Gasteiger charge is 2.14. The minimum atomic E-state index is -0.325. The van der Waals surface area contributed by atoms with Crippen molar-refractivity contribution >= 4 is 0 Å². The molecule has 1 aromatic rings. The van der Waals surface area contributed by atoms with Crippen molar-refractivity contribution in [3.63, 3.8) is 0 Å². The third kappa shape index (κ3) is 5.12. The number of hydrogen-bond acceptors (Lipinski definition) is 6. The van der Waals surface area contributed by atoms with Crippen LogP contribution in [0.2, 0.25) is 0 Å². The highest BCUT2D eigenvalue weighted by Crippen LogP contribution is 2.10. The van der Waals surface area contributed by atoms with E-state index in [0.717, 1.165) is 12.8 Å². The van der Waals surface area contributed by atoms with Gasteiger partial charge in [0.15, 0.2) is 5.82 Å². The molecule has 0 aliphatic rings. The van der Waals surface area contributed by atoms with Crippen LogP contribution in [0.25, 0.3) is 0 Å². The molecule has 0 spiro atoms. The monoisotopic (exact) mass is 257 g/mol. The first kappa shape index (κ1) is 15.1. The lowest BCUT2D eigenvalue weighted by Gasteiger charge is -2.07. The van der Waals surface area contributed by atoms with E-state index < -0.39 is 0 Å². The summed E-state index contributed by atoms with van der Waals surface area (Å²) in [5.41, 5.74) is 5.90. The van der Waals surface area contributed by atoms with Crippen molar-refractivity contribution < 1.29 is 14.0 Å². The molecule has 1 heterocycles. The molecule has 0 radical (unpaired) electrons. The van der Waals surface area contributed by atoms with Gasteiger partial charge in [0.05, 0.1) is 18.8 Å². The summed E-state index contributed by atoms with van der Waals surface area (Å²) in [6, 6.07) is -0.325. The summed E-state index contributed by atoms with van der Waals surface area (Å²) in [4.78, 5) is 4.26. The zero-order chi connectivity index (χ0) is 13.4. The van der Waals surface area contributed by atoms with Gasteiger partial charge in [0.25, 0.3) is 0 Å². The lowest BCUT2D eigenvalue weighted by atomic mass is 10.2. The lowest BCUT2D eigenvalue weighted by Crippen LogP contribution is -2.19. The summed E-state index contributed by atoms with van der Waals surface area (Å²) >= 11 is 0. The first-order chi connectivity index (χ1) is 8.67. The fourth-order valence-corrected chi connectivity index (χ4v) is 1.39. The van der Waals surface area contributed by atoms with Crippen LogP contribution in [0.4, 0.5) is 0 Å². The lowest BCUT2D eigenvalue weighted by molar-refractivity contribution is 0.109. The Morgan fingerprint density at radius 1 is 1.44 bits per heavy atom. The van der Waals surface area contributed by atoms with E-state index in [1.165, 1.54) is 0 Å². The summed E-state index contributed by atoms with van der Waals surface area (Å²) in [7, 11) is 1.69. The fourth-order valence-electron chi connectivity index (χ4n) is 1.39. The number of methoxy groups -OCH3 is 1. The molecule has 0 saturated carbocycles. The molecule has 2 N–H and O–H groups in total. The van der Waals surface area contributed by atoms with Crippen LogP contribution in [-0.4, -0.2) is 36.6 Å². The molecule has 0 aromatic carbocycles. The molecule has 6 heteroatoms. The molecule has 6 nitrogen and oxygen atoms in total. The van der Waals surface area contributed by atoms with Gasteiger partial charge in [0.1, 0.15) is 0 Å². The Bertz CT molecular complexity index is 330. The van der Waals surface area contributed by atoms with Gasteiger partial charge in [0, 0.05) is 20.1 Å². The Morgan fingerprint density at radius 3 is 2.89 bits per heavy atom. The molecule has 1 rings (SSSR count). The number of aromatic nitrogens is 2. The van der Waals surface area contributed by atoms with Crippen molar-refractivity contribution in [3.8, 4) is 0 Å². The van der Waals surface area contributed by atoms with Crippen molar-refractivity contribution in [1.82, 2.24) is 10.1 Å². The molecule has 0 aliphatic heterocycles. The summed E-state index contributed by atoms with van der Waals surface area (Å²) < 4.78 is 15.6. The Kier molecular flexibility index (Phi) is 6.85. The van der Waals surface area contributed by atoms with E-state index in [1.54, 1.807) is 7.11 Å². The van der Waals surface area contributed by atoms with Crippen molar-refractivity contribution in [3.05, 3.63) is 11.7 Å². The zero-order valence-electron chi connectivity index (χ0n) is 11.4. The van der Waals surface area contributed by atoms with E-state index in [1.807, 2.05) is 6.92 Å². The molecule has 2 unspecified atom stereocenters. The largest absolute Gasteiger partial charge is 0.382 e. The summed E-state index contributed by atoms with van der Waals surface area (Å²) in [5, 5.41) is 3.87. The Balaban J connectivity index is 2.37. The van der Waals surface area contributed by atoms with E-state index >= 15 is 0 Å². The van der Waals surface area contributed by atoms with Crippen LogP contribution in [0.15, 0.2) is 4.52 Å². The molecule has 1 aromatic heterocycles. The molecule has 0 bridgehead atoms. The zero-order valence-corrected chi connectivity index (χ0v) is 11.4. The summed E-state index contributed by atoms with van der Waals surface area (Å²) in [5.74, 6) is 1.10. The average molecular weight is 257 g/mol. The van der Waals surface area contributed by atoms with Gasteiger partial charge < -0.3 is 19.7 Å². The summed E-state index contributed by atoms with van der Waals surface area (Å²) in [6.45, 7) is 5.17. The van der Waals surface area contributed by atoms with Gasteiger partial charge in [-0.1, -0.05) is 12.1 Å². The van der Waals surface area contributed by atoms with Crippen LogP contribution in [0.1, 0.15) is 44.4 Å². The van der Waals surface area contributed by atoms with E-state index in [2.05, 4.69) is 17.1 Å².